The highest BCUT2D eigenvalue weighted by molar-refractivity contribution is 7.16. The zero-order valence-corrected chi connectivity index (χ0v) is 24.6. The van der Waals surface area contributed by atoms with E-state index in [0.717, 1.165) is 42.9 Å². The summed E-state index contributed by atoms with van der Waals surface area (Å²) in [5.74, 6) is -0.218. The molecule has 0 bridgehead atoms. The van der Waals surface area contributed by atoms with E-state index < -0.39 is 29.0 Å². The molecule has 41 heavy (non-hydrogen) atoms. The molecule has 0 radical (unpaired) electrons. The van der Waals surface area contributed by atoms with Crippen LogP contribution in [0.4, 0.5) is 26.5 Å². The van der Waals surface area contributed by atoms with Crippen LogP contribution >= 0.6 is 11.3 Å². The molecule has 1 saturated carbocycles. The number of amides is 2. The summed E-state index contributed by atoms with van der Waals surface area (Å²) in [5, 5.41) is 3.20. The summed E-state index contributed by atoms with van der Waals surface area (Å²) in [4.78, 5) is 42.0. The van der Waals surface area contributed by atoms with Crippen LogP contribution in [0.15, 0.2) is 30.5 Å². The third-order valence-electron chi connectivity index (χ3n) is 7.59. The SMILES string of the molecule is COc1ccc(N2CCN(C)CC2)cc1Nc1ncc(F)c(-c2cc3c(s2)C2(CC2)N(C(=O)OC(C)(C)C)C3=O)n1. The van der Waals surface area contributed by atoms with Crippen molar-refractivity contribution in [2.24, 2.45) is 0 Å². The third-order valence-corrected chi connectivity index (χ3v) is 8.93. The highest BCUT2D eigenvalue weighted by atomic mass is 32.1. The predicted octanol–water partition coefficient (Wildman–Crippen LogP) is 5.23. The first-order valence-electron chi connectivity index (χ1n) is 13.6. The molecule has 2 aromatic heterocycles. The number of piperazine rings is 1. The van der Waals surface area contributed by atoms with Gasteiger partial charge in [0.25, 0.3) is 5.91 Å². The molecule has 216 valence electrons. The molecule has 6 rings (SSSR count). The van der Waals surface area contributed by atoms with Gasteiger partial charge in [0.15, 0.2) is 5.82 Å². The number of hydrogen-bond donors (Lipinski definition) is 1. The molecule has 0 atom stereocenters. The Hall–Kier alpha value is -3.77. The number of anilines is 3. The van der Waals surface area contributed by atoms with E-state index in [1.165, 1.54) is 16.2 Å². The summed E-state index contributed by atoms with van der Waals surface area (Å²) >= 11 is 1.28. The minimum atomic E-state index is -0.727. The first-order chi connectivity index (χ1) is 19.5. The molecule has 1 aliphatic carbocycles. The first-order valence-corrected chi connectivity index (χ1v) is 14.4. The highest BCUT2D eigenvalue weighted by Gasteiger charge is 2.62. The lowest BCUT2D eigenvalue weighted by atomic mass is 10.2. The van der Waals surface area contributed by atoms with Gasteiger partial charge in [-0.15, -0.1) is 11.3 Å². The van der Waals surface area contributed by atoms with Gasteiger partial charge in [-0.05, 0) is 64.9 Å². The molecular formula is C29H33FN6O4S. The summed E-state index contributed by atoms with van der Waals surface area (Å²) in [7, 11) is 3.70. The second kappa shape index (κ2) is 9.95. The molecule has 3 aliphatic rings. The maximum atomic E-state index is 15.1. The summed E-state index contributed by atoms with van der Waals surface area (Å²) in [6.45, 7) is 9.07. The monoisotopic (exact) mass is 580 g/mol. The Balaban J connectivity index is 1.28. The molecule has 4 heterocycles. The molecule has 2 fully saturated rings. The zero-order chi connectivity index (χ0) is 29.1. The van der Waals surface area contributed by atoms with E-state index in [2.05, 4.69) is 32.1 Å². The lowest BCUT2D eigenvalue weighted by Gasteiger charge is -2.34. The van der Waals surface area contributed by atoms with Gasteiger partial charge in [-0.25, -0.2) is 24.1 Å². The maximum absolute atomic E-state index is 15.1. The van der Waals surface area contributed by atoms with Gasteiger partial charge in [-0.1, -0.05) is 0 Å². The number of carbonyl (C=O) groups excluding carboxylic acids is 2. The Kier molecular flexibility index (Phi) is 6.65. The number of carbonyl (C=O) groups is 2. The number of nitrogens with zero attached hydrogens (tertiary/aromatic N) is 5. The average Bonchev–Trinajstić information content (AvgIpc) is 3.51. The van der Waals surface area contributed by atoms with Gasteiger partial charge >= 0.3 is 6.09 Å². The van der Waals surface area contributed by atoms with Crippen LogP contribution in [0, 0.1) is 5.82 Å². The number of aromatic nitrogens is 2. The van der Waals surface area contributed by atoms with Crippen molar-refractivity contribution in [3.8, 4) is 16.3 Å². The Morgan fingerprint density at radius 3 is 2.54 bits per heavy atom. The lowest BCUT2D eigenvalue weighted by molar-refractivity contribution is 0.0167. The Morgan fingerprint density at radius 2 is 1.88 bits per heavy atom. The van der Waals surface area contributed by atoms with Crippen molar-refractivity contribution >= 4 is 40.7 Å². The van der Waals surface area contributed by atoms with Crippen LogP contribution in [0.3, 0.4) is 0 Å². The van der Waals surface area contributed by atoms with Crippen LogP contribution in [0.2, 0.25) is 0 Å². The van der Waals surface area contributed by atoms with Crippen molar-refractivity contribution in [1.29, 1.82) is 0 Å². The minimum absolute atomic E-state index is 0.0866. The van der Waals surface area contributed by atoms with E-state index >= 15 is 4.39 Å². The fourth-order valence-electron chi connectivity index (χ4n) is 5.34. The van der Waals surface area contributed by atoms with Crippen molar-refractivity contribution in [1.82, 2.24) is 19.8 Å². The van der Waals surface area contributed by atoms with Crippen LogP contribution in [0.5, 0.6) is 5.75 Å². The average molecular weight is 581 g/mol. The van der Waals surface area contributed by atoms with Gasteiger partial charge in [0.05, 0.1) is 35.0 Å². The fraction of sp³-hybridized carbons (Fsp3) is 0.448. The Morgan fingerprint density at radius 1 is 1.15 bits per heavy atom. The molecular weight excluding hydrogens is 547 g/mol. The smallest absolute Gasteiger partial charge is 0.418 e. The molecule has 1 saturated heterocycles. The van der Waals surface area contributed by atoms with Gasteiger partial charge in [-0.3, -0.25) is 4.79 Å². The van der Waals surface area contributed by atoms with Crippen molar-refractivity contribution in [3.05, 3.63) is 46.7 Å². The topological polar surface area (TPSA) is 100 Å². The van der Waals surface area contributed by atoms with Crippen LogP contribution in [-0.4, -0.2) is 77.7 Å². The van der Waals surface area contributed by atoms with Crippen molar-refractivity contribution < 1.29 is 23.5 Å². The van der Waals surface area contributed by atoms with Crippen LogP contribution in [-0.2, 0) is 10.3 Å². The highest BCUT2D eigenvalue weighted by Crippen LogP contribution is 2.60. The summed E-state index contributed by atoms with van der Waals surface area (Å²) < 4.78 is 26.2. The summed E-state index contributed by atoms with van der Waals surface area (Å²) in [6.07, 6.45) is 1.76. The standard InChI is InChI=1S/C29H33FN6O4S/c1-28(2,3)40-27(38)36-25(37)18-15-22(41-24(18)29(36)8-9-29)23-19(30)16-31-26(33-23)32-20-14-17(6-7-21(20)39-5)35-12-10-34(4)11-13-35/h6-7,14-16H,8-13H2,1-5H3,(H,31,32,33). The number of benzene rings is 1. The number of ether oxygens (including phenoxy) is 2. The largest absolute Gasteiger partial charge is 0.495 e. The summed E-state index contributed by atoms with van der Waals surface area (Å²) in [5.41, 5.74) is 0.733. The van der Waals surface area contributed by atoms with Crippen LogP contribution in [0.25, 0.3) is 10.6 Å². The van der Waals surface area contributed by atoms with Crippen LogP contribution < -0.4 is 15.0 Å². The molecule has 0 unspecified atom stereocenters. The number of hydrogen-bond acceptors (Lipinski definition) is 10. The number of likely N-dealkylation sites (N-methyl/N-ethyl adjacent to an activating group) is 1. The van der Waals surface area contributed by atoms with Gasteiger partial charge in [0.2, 0.25) is 5.95 Å². The minimum Gasteiger partial charge on any atom is -0.495 e. The first kappa shape index (κ1) is 27.4. The van der Waals surface area contributed by atoms with Gasteiger partial charge < -0.3 is 24.6 Å². The fourth-order valence-corrected chi connectivity index (χ4v) is 6.72. The number of rotatable bonds is 5. The molecule has 1 spiro atoms. The van der Waals surface area contributed by atoms with Crippen molar-refractivity contribution in [3.63, 3.8) is 0 Å². The molecule has 1 N–H and O–H groups in total. The van der Waals surface area contributed by atoms with Crippen molar-refractivity contribution in [2.75, 3.05) is 50.6 Å². The van der Waals surface area contributed by atoms with E-state index in [1.54, 1.807) is 33.9 Å². The second-order valence-electron chi connectivity index (χ2n) is 11.7. The number of fused-ring (bicyclic) bond motifs is 2. The Bertz CT molecular complexity index is 1520. The molecule has 12 heteroatoms. The number of halogens is 1. The summed E-state index contributed by atoms with van der Waals surface area (Å²) in [6, 6.07) is 7.51. The molecule has 2 aliphatic heterocycles. The zero-order valence-electron chi connectivity index (χ0n) is 23.8. The Labute approximate surface area is 242 Å². The second-order valence-corrected chi connectivity index (χ2v) is 12.7. The van der Waals surface area contributed by atoms with Gasteiger partial charge in [0.1, 0.15) is 17.0 Å². The predicted molar refractivity (Wildman–Crippen MR) is 155 cm³/mol. The number of imide groups is 1. The van der Waals surface area contributed by atoms with Crippen LogP contribution in [0.1, 0.15) is 48.8 Å². The van der Waals surface area contributed by atoms with E-state index in [4.69, 9.17) is 9.47 Å². The van der Waals surface area contributed by atoms with Crippen molar-refractivity contribution in [2.45, 2.75) is 44.8 Å². The normalized spacial score (nSPS) is 18.0. The third kappa shape index (κ3) is 4.99. The lowest BCUT2D eigenvalue weighted by Crippen LogP contribution is -2.44. The number of methoxy groups -OCH3 is 1. The molecule has 3 aromatic rings. The molecule has 2 amide bonds. The number of nitrogens with one attached hydrogen (secondary N) is 1. The van der Waals surface area contributed by atoms with Gasteiger partial charge in [-0.2, -0.15) is 0 Å². The van der Waals surface area contributed by atoms with E-state index in [1.807, 2.05) is 18.2 Å². The molecule has 1 aromatic carbocycles. The number of thiophene rings is 1. The van der Waals surface area contributed by atoms with E-state index in [9.17, 15) is 9.59 Å². The quantitative estimate of drug-likeness (QED) is 0.435. The van der Waals surface area contributed by atoms with E-state index in [0.29, 0.717) is 34.7 Å². The maximum Gasteiger partial charge on any atom is 0.418 e. The van der Waals surface area contributed by atoms with Gasteiger partial charge in [0, 0.05) is 36.7 Å². The van der Waals surface area contributed by atoms with E-state index in [-0.39, 0.29) is 11.6 Å². The molecule has 10 nitrogen and oxygen atoms in total.